The van der Waals surface area contributed by atoms with Crippen LogP contribution in [0, 0.1) is 6.92 Å². The van der Waals surface area contributed by atoms with Crippen LogP contribution in [0.15, 0.2) is 24.5 Å². The van der Waals surface area contributed by atoms with Gasteiger partial charge >= 0.3 is 5.97 Å². The van der Waals surface area contributed by atoms with E-state index < -0.39 is 5.97 Å². The maximum absolute atomic E-state index is 11.6. The summed E-state index contributed by atoms with van der Waals surface area (Å²) in [5.74, 6) is 0.129. The molecule has 6 nitrogen and oxygen atoms in total. The van der Waals surface area contributed by atoms with Crippen LogP contribution in [0.25, 0.3) is 5.82 Å². The number of aryl methyl sites for hydroxylation is 1. The van der Waals surface area contributed by atoms with Crippen molar-refractivity contribution in [2.75, 3.05) is 6.61 Å². The smallest absolute Gasteiger partial charge is 0.341 e. The largest absolute Gasteiger partial charge is 0.462 e. The van der Waals surface area contributed by atoms with Crippen molar-refractivity contribution in [1.29, 1.82) is 0 Å². The molecule has 2 N–H and O–H groups in total. The molecule has 2 rings (SSSR count). The average Bonchev–Trinajstić information content (AvgIpc) is 2.88. The molecule has 7 heteroatoms. The van der Waals surface area contributed by atoms with Crippen LogP contribution in [0.5, 0.6) is 0 Å². The van der Waals surface area contributed by atoms with Crippen LogP contribution in [-0.2, 0) is 4.74 Å². The van der Waals surface area contributed by atoms with Gasteiger partial charge < -0.3 is 10.5 Å². The van der Waals surface area contributed by atoms with E-state index in [1.54, 1.807) is 25.3 Å². The van der Waals surface area contributed by atoms with Gasteiger partial charge in [-0.25, -0.2) is 14.5 Å². The predicted molar refractivity (Wildman–Crippen MR) is 77.9 cm³/mol. The number of aromatic nitrogens is 3. The first-order valence-corrected chi connectivity index (χ1v) is 6.42. The molecule has 0 fully saturated rings. The summed E-state index contributed by atoms with van der Waals surface area (Å²) < 4.78 is 6.40. The van der Waals surface area contributed by atoms with E-state index in [1.807, 2.05) is 6.92 Å². The fourth-order valence-electron chi connectivity index (χ4n) is 1.68. The van der Waals surface area contributed by atoms with Gasteiger partial charge in [0.1, 0.15) is 4.99 Å². The first kappa shape index (κ1) is 14.1. The van der Waals surface area contributed by atoms with Crippen LogP contribution in [-0.4, -0.2) is 32.3 Å². The Balaban J connectivity index is 2.37. The third kappa shape index (κ3) is 3.00. The second-order valence-corrected chi connectivity index (χ2v) is 4.55. The second kappa shape index (κ2) is 5.79. The van der Waals surface area contributed by atoms with Crippen LogP contribution in [0.1, 0.15) is 28.5 Å². The van der Waals surface area contributed by atoms with Crippen molar-refractivity contribution >= 4 is 23.2 Å². The van der Waals surface area contributed by atoms with E-state index in [9.17, 15) is 4.79 Å². The Kier molecular flexibility index (Phi) is 4.09. The Morgan fingerprint density at radius 2 is 2.20 bits per heavy atom. The zero-order valence-electron chi connectivity index (χ0n) is 11.2. The number of nitrogens with two attached hydrogens (primary N) is 1. The Bertz CT molecular complexity index is 666. The molecular formula is C13H14N4O2S. The molecule has 0 aliphatic carbocycles. The molecule has 0 atom stereocenters. The molecule has 2 aromatic heterocycles. The minimum absolute atomic E-state index is 0.287. The fourth-order valence-corrected chi connectivity index (χ4v) is 1.80. The van der Waals surface area contributed by atoms with Crippen LogP contribution in [0.2, 0.25) is 0 Å². The molecule has 0 saturated carbocycles. The number of rotatable bonds is 4. The molecule has 2 aromatic rings. The third-order valence-electron chi connectivity index (χ3n) is 2.55. The summed E-state index contributed by atoms with van der Waals surface area (Å²) in [6, 6.07) is 3.51. The van der Waals surface area contributed by atoms with Gasteiger partial charge in [-0.3, -0.25) is 0 Å². The van der Waals surface area contributed by atoms with Crippen molar-refractivity contribution in [3.63, 3.8) is 0 Å². The highest BCUT2D eigenvalue weighted by atomic mass is 32.1. The summed E-state index contributed by atoms with van der Waals surface area (Å²) in [7, 11) is 0. The molecule has 104 valence electrons. The highest BCUT2D eigenvalue weighted by Gasteiger charge is 2.11. The lowest BCUT2D eigenvalue weighted by Crippen LogP contribution is -2.11. The van der Waals surface area contributed by atoms with Gasteiger partial charge in [-0.15, -0.1) is 0 Å². The highest BCUT2D eigenvalue weighted by molar-refractivity contribution is 7.80. The summed E-state index contributed by atoms with van der Waals surface area (Å²) in [5.41, 5.74) is 7.46. The summed E-state index contributed by atoms with van der Waals surface area (Å²) in [6.45, 7) is 3.90. The normalized spacial score (nSPS) is 10.3. The van der Waals surface area contributed by atoms with E-state index in [4.69, 9.17) is 22.7 Å². The van der Waals surface area contributed by atoms with Gasteiger partial charge in [0, 0.05) is 17.5 Å². The number of hydrogen-bond acceptors (Lipinski definition) is 5. The Morgan fingerprint density at radius 3 is 2.85 bits per heavy atom. The van der Waals surface area contributed by atoms with Crippen molar-refractivity contribution in [3.05, 3.63) is 41.3 Å². The first-order chi connectivity index (χ1) is 9.51. The summed E-state index contributed by atoms with van der Waals surface area (Å²) in [5, 5.41) is 4.10. The highest BCUT2D eigenvalue weighted by Crippen LogP contribution is 2.11. The van der Waals surface area contributed by atoms with Crippen LogP contribution in [0.4, 0.5) is 0 Å². The second-order valence-electron chi connectivity index (χ2n) is 4.11. The SMILES string of the molecule is CCOC(=O)c1cnn(-c2cc(C(N)=S)cc(C)n2)c1. The van der Waals surface area contributed by atoms with Gasteiger partial charge in [-0.05, 0) is 26.0 Å². The van der Waals surface area contributed by atoms with E-state index in [2.05, 4.69) is 10.1 Å². The van der Waals surface area contributed by atoms with E-state index in [1.165, 1.54) is 10.9 Å². The number of hydrogen-bond donors (Lipinski definition) is 1. The number of thiocarbonyl (C=S) groups is 1. The van der Waals surface area contributed by atoms with E-state index in [0.717, 1.165) is 5.69 Å². The Hall–Kier alpha value is -2.28. The van der Waals surface area contributed by atoms with E-state index >= 15 is 0 Å². The van der Waals surface area contributed by atoms with Crippen LogP contribution in [0.3, 0.4) is 0 Å². The maximum atomic E-state index is 11.6. The molecule has 0 aliphatic rings. The van der Waals surface area contributed by atoms with Crippen molar-refractivity contribution in [2.24, 2.45) is 5.73 Å². The zero-order chi connectivity index (χ0) is 14.7. The van der Waals surface area contributed by atoms with Gasteiger partial charge in [0.05, 0.1) is 18.4 Å². The minimum Gasteiger partial charge on any atom is -0.462 e. The summed E-state index contributed by atoms with van der Waals surface area (Å²) in [6.07, 6.45) is 2.99. The molecule has 0 radical (unpaired) electrons. The average molecular weight is 290 g/mol. The monoisotopic (exact) mass is 290 g/mol. The first-order valence-electron chi connectivity index (χ1n) is 6.02. The summed E-state index contributed by atoms with van der Waals surface area (Å²) >= 11 is 4.96. The van der Waals surface area contributed by atoms with Crippen molar-refractivity contribution in [3.8, 4) is 5.82 Å². The molecular weight excluding hydrogens is 276 g/mol. The molecule has 0 aliphatic heterocycles. The number of carbonyl (C=O) groups excluding carboxylic acids is 1. The number of nitrogens with zero attached hydrogens (tertiary/aromatic N) is 3. The molecule has 2 heterocycles. The summed E-state index contributed by atoms with van der Waals surface area (Å²) in [4.78, 5) is 16.2. The van der Waals surface area contributed by atoms with Gasteiger partial charge in [-0.2, -0.15) is 5.10 Å². The molecule has 0 unspecified atom stereocenters. The fraction of sp³-hybridized carbons (Fsp3) is 0.231. The Labute approximate surface area is 121 Å². The Morgan fingerprint density at radius 1 is 1.45 bits per heavy atom. The quantitative estimate of drug-likeness (QED) is 0.676. The molecule has 0 spiro atoms. The van der Waals surface area contributed by atoms with Gasteiger partial charge in [-0.1, -0.05) is 12.2 Å². The van der Waals surface area contributed by atoms with Gasteiger partial charge in [0.25, 0.3) is 0 Å². The van der Waals surface area contributed by atoms with Gasteiger partial charge in [0.15, 0.2) is 5.82 Å². The molecule has 0 bridgehead atoms. The third-order valence-corrected chi connectivity index (χ3v) is 2.79. The van der Waals surface area contributed by atoms with Crippen molar-refractivity contribution in [1.82, 2.24) is 14.8 Å². The van der Waals surface area contributed by atoms with E-state index in [0.29, 0.717) is 23.6 Å². The number of pyridine rings is 1. The lowest BCUT2D eigenvalue weighted by Gasteiger charge is -2.05. The van der Waals surface area contributed by atoms with Crippen molar-refractivity contribution in [2.45, 2.75) is 13.8 Å². The van der Waals surface area contributed by atoms with Crippen LogP contribution >= 0.6 is 12.2 Å². The topological polar surface area (TPSA) is 83.0 Å². The molecule has 0 aromatic carbocycles. The maximum Gasteiger partial charge on any atom is 0.341 e. The molecule has 0 amide bonds. The predicted octanol–water partition coefficient (Wildman–Crippen LogP) is 1.39. The van der Waals surface area contributed by atoms with Gasteiger partial charge in [0.2, 0.25) is 0 Å². The lowest BCUT2D eigenvalue weighted by atomic mass is 10.2. The molecule has 20 heavy (non-hydrogen) atoms. The number of esters is 1. The van der Waals surface area contributed by atoms with Crippen LogP contribution < -0.4 is 5.73 Å². The lowest BCUT2D eigenvalue weighted by molar-refractivity contribution is 0.0526. The van der Waals surface area contributed by atoms with E-state index in [-0.39, 0.29) is 4.99 Å². The van der Waals surface area contributed by atoms with Crippen molar-refractivity contribution < 1.29 is 9.53 Å². The number of ether oxygens (including phenoxy) is 1. The standard InChI is InChI=1S/C13H14N4O2S/c1-3-19-13(18)10-6-15-17(7-10)11-5-9(12(14)20)4-8(2)16-11/h4-7H,3H2,1-2H3,(H2,14,20). The zero-order valence-corrected chi connectivity index (χ0v) is 12.0. The minimum atomic E-state index is -0.416. The molecule has 0 saturated heterocycles. The number of carbonyl (C=O) groups is 1.